The summed E-state index contributed by atoms with van der Waals surface area (Å²) in [6.45, 7) is 1.74. The molecule has 0 atom stereocenters. The molecule has 0 fully saturated rings. The number of rotatable bonds is 5. The van der Waals surface area contributed by atoms with E-state index in [0.717, 1.165) is 23.4 Å². The Labute approximate surface area is 188 Å². The first-order valence-corrected chi connectivity index (χ1v) is 10.2. The molecule has 3 aromatic carbocycles. The topological polar surface area (TPSA) is 34.0 Å². The molecular formula is C26H20F4N2O. The van der Waals surface area contributed by atoms with Crippen LogP contribution in [0.1, 0.15) is 27.2 Å². The Morgan fingerprint density at radius 1 is 0.909 bits per heavy atom. The first-order valence-electron chi connectivity index (χ1n) is 10.2. The van der Waals surface area contributed by atoms with E-state index in [2.05, 4.69) is 5.32 Å². The molecule has 0 radical (unpaired) electrons. The van der Waals surface area contributed by atoms with Gasteiger partial charge in [0.05, 0.1) is 16.8 Å². The fourth-order valence-electron chi connectivity index (χ4n) is 3.71. The van der Waals surface area contributed by atoms with E-state index in [1.807, 2.05) is 34.9 Å². The Bertz CT molecular complexity index is 1280. The van der Waals surface area contributed by atoms with Crippen molar-refractivity contribution in [3.05, 3.63) is 113 Å². The molecule has 4 rings (SSSR count). The smallest absolute Gasteiger partial charge is 0.348 e. The third kappa shape index (κ3) is 4.82. The van der Waals surface area contributed by atoms with Gasteiger partial charge in [0.15, 0.2) is 0 Å². The largest absolute Gasteiger partial charge is 0.416 e. The Balaban J connectivity index is 1.67. The molecule has 0 unspecified atom stereocenters. The highest BCUT2D eigenvalue weighted by Crippen LogP contribution is 2.31. The molecule has 0 saturated carbocycles. The van der Waals surface area contributed by atoms with Crippen LogP contribution in [0.5, 0.6) is 0 Å². The van der Waals surface area contributed by atoms with Crippen LogP contribution in [0, 0.1) is 12.7 Å². The van der Waals surface area contributed by atoms with Crippen LogP contribution in [0.25, 0.3) is 16.9 Å². The number of amides is 1. The lowest BCUT2D eigenvalue weighted by Gasteiger charge is -2.12. The van der Waals surface area contributed by atoms with E-state index in [9.17, 15) is 22.4 Å². The number of nitrogens with one attached hydrogen (secondary N) is 1. The molecule has 0 spiro atoms. The van der Waals surface area contributed by atoms with Crippen LogP contribution in [0.2, 0.25) is 0 Å². The van der Waals surface area contributed by atoms with Gasteiger partial charge < -0.3 is 9.88 Å². The van der Waals surface area contributed by atoms with Crippen molar-refractivity contribution in [1.29, 1.82) is 0 Å². The summed E-state index contributed by atoms with van der Waals surface area (Å²) >= 11 is 0. The summed E-state index contributed by atoms with van der Waals surface area (Å²) in [5.41, 5.74) is 2.86. The molecule has 33 heavy (non-hydrogen) atoms. The Morgan fingerprint density at radius 2 is 1.61 bits per heavy atom. The predicted octanol–water partition coefficient (Wildman–Crippen LogP) is 6.54. The summed E-state index contributed by atoms with van der Waals surface area (Å²) < 4.78 is 54.3. The molecule has 0 saturated heterocycles. The van der Waals surface area contributed by atoms with Crippen molar-refractivity contribution in [2.75, 3.05) is 0 Å². The molecule has 1 heterocycles. The van der Waals surface area contributed by atoms with E-state index >= 15 is 0 Å². The lowest BCUT2D eigenvalue weighted by atomic mass is 10.1. The van der Waals surface area contributed by atoms with Crippen LogP contribution in [-0.2, 0) is 12.7 Å². The highest BCUT2D eigenvalue weighted by atomic mass is 19.4. The van der Waals surface area contributed by atoms with Gasteiger partial charge in [-0.05, 0) is 72.6 Å². The first-order chi connectivity index (χ1) is 15.7. The molecule has 0 aliphatic carbocycles. The van der Waals surface area contributed by atoms with Crippen LogP contribution in [-0.4, -0.2) is 10.5 Å². The second-order valence-corrected chi connectivity index (χ2v) is 7.59. The summed E-state index contributed by atoms with van der Waals surface area (Å²) in [6.07, 6.45) is -4.45. The van der Waals surface area contributed by atoms with Gasteiger partial charge in [0.2, 0.25) is 0 Å². The lowest BCUT2D eigenvalue weighted by Crippen LogP contribution is -2.23. The van der Waals surface area contributed by atoms with Crippen molar-refractivity contribution in [3.8, 4) is 16.9 Å². The van der Waals surface area contributed by atoms with Gasteiger partial charge in [0.25, 0.3) is 5.91 Å². The first kappa shape index (κ1) is 22.3. The maximum Gasteiger partial charge on any atom is 0.416 e. The van der Waals surface area contributed by atoms with E-state index in [-0.39, 0.29) is 12.4 Å². The van der Waals surface area contributed by atoms with Gasteiger partial charge in [-0.1, -0.05) is 30.3 Å². The van der Waals surface area contributed by atoms with E-state index < -0.39 is 17.6 Å². The number of carbonyl (C=O) groups excluding carboxylic acids is 1. The summed E-state index contributed by atoms with van der Waals surface area (Å²) in [7, 11) is 0. The SMILES string of the molecule is Cc1c(C(=O)NCc2cccc(C(F)(F)F)c2)cc(-c2ccc(F)cc2)n1-c1ccccc1. The Morgan fingerprint density at radius 3 is 2.27 bits per heavy atom. The zero-order valence-corrected chi connectivity index (χ0v) is 17.7. The fourth-order valence-corrected chi connectivity index (χ4v) is 3.71. The molecule has 3 nitrogen and oxygen atoms in total. The number of para-hydroxylation sites is 1. The van der Waals surface area contributed by atoms with Crippen LogP contribution < -0.4 is 5.32 Å². The van der Waals surface area contributed by atoms with E-state index in [1.165, 1.54) is 24.3 Å². The molecule has 0 aliphatic heterocycles. The Hall–Kier alpha value is -3.87. The molecular weight excluding hydrogens is 432 g/mol. The third-order valence-electron chi connectivity index (χ3n) is 5.35. The predicted molar refractivity (Wildman–Crippen MR) is 119 cm³/mol. The number of nitrogens with zero attached hydrogens (tertiary/aromatic N) is 1. The number of halogens is 4. The van der Waals surface area contributed by atoms with Gasteiger partial charge in [-0.25, -0.2) is 4.39 Å². The third-order valence-corrected chi connectivity index (χ3v) is 5.35. The average Bonchev–Trinajstić information content (AvgIpc) is 3.15. The van der Waals surface area contributed by atoms with Gasteiger partial charge in [-0.3, -0.25) is 4.79 Å². The van der Waals surface area contributed by atoms with Crippen LogP contribution in [0.4, 0.5) is 17.6 Å². The normalized spacial score (nSPS) is 11.4. The molecule has 1 amide bonds. The molecule has 0 bridgehead atoms. The molecule has 1 N–H and O–H groups in total. The number of aromatic nitrogens is 1. The lowest BCUT2D eigenvalue weighted by molar-refractivity contribution is -0.137. The Kier molecular flexibility index (Phi) is 6.05. The summed E-state index contributed by atoms with van der Waals surface area (Å²) in [4.78, 5) is 13.0. The quantitative estimate of drug-likeness (QED) is 0.343. The van der Waals surface area contributed by atoms with Crippen molar-refractivity contribution >= 4 is 5.91 Å². The van der Waals surface area contributed by atoms with Crippen LogP contribution in [0.15, 0.2) is 84.9 Å². The van der Waals surface area contributed by atoms with Gasteiger partial charge in [-0.15, -0.1) is 0 Å². The summed E-state index contributed by atoms with van der Waals surface area (Å²) in [5.74, 6) is -0.782. The van der Waals surface area contributed by atoms with Crippen molar-refractivity contribution in [1.82, 2.24) is 9.88 Å². The highest BCUT2D eigenvalue weighted by Gasteiger charge is 2.30. The molecule has 0 aliphatic rings. The maximum absolute atomic E-state index is 13.5. The summed E-state index contributed by atoms with van der Waals surface area (Å²) in [5, 5.41) is 2.71. The summed E-state index contributed by atoms with van der Waals surface area (Å²) in [6, 6.07) is 21.9. The van der Waals surface area contributed by atoms with E-state index in [4.69, 9.17) is 0 Å². The number of carbonyl (C=O) groups is 1. The second kappa shape index (κ2) is 8.94. The van der Waals surface area contributed by atoms with E-state index in [0.29, 0.717) is 22.5 Å². The average molecular weight is 452 g/mol. The van der Waals surface area contributed by atoms with Crippen LogP contribution in [0.3, 0.4) is 0 Å². The second-order valence-electron chi connectivity index (χ2n) is 7.59. The minimum atomic E-state index is -4.45. The maximum atomic E-state index is 13.5. The standard InChI is InChI=1S/C26H20F4N2O/c1-17-23(25(33)31-16-18-6-5-7-20(14-18)26(28,29)30)15-24(19-10-12-21(27)13-11-19)32(17)22-8-3-2-4-9-22/h2-15H,16H2,1H3,(H,31,33). The molecule has 4 aromatic rings. The van der Waals surface area contributed by atoms with Crippen molar-refractivity contribution < 1.29 is 22.4 Å². The highest BCUT2D eigenvalue weighted by molar-refractivity contribution is 5.97. The zero-order chi connectivity index (χ0) is 23.6. The van der Waals surface area contributed by atoms with Gasteiger partial charge in [0.1, 0.15) is 5.82 Å². The monoisotopic (exact) mass is 452 g/mol. The van der Waals surface area contributed by atoms with Crippen LogP contribution >= 0.6 is 0 Å². The van der Waals surface area contributed by atoms with Gasteiger partial charge in [-0.2, -0.15) is 13.2 Å². The van der Waals surface area contributed by atoms with E-state index in [1.54, 1.807) is 25.1 Å². The minimum Gasteiger partial charge on any atom is -0.348 e. The minimum absolute atomic E-state index is 0.0510. The number of hydrogen-bond acceptors (Lipinski definition) is 1. The number of alkyl halides is 3. The molecule has 1 aromatic heterocycles. The fraction of sp³-hybridized carbons (Fsp3) is 0.115. The number of benzene rings is 3. The van der Waals surface area contributed by atoms with Gasteiger partial charge >= 0.3 is 6.18 Å². The van der Waals surface area contributed by atoms with Crippen molar-refractivity contribution in [2.24, 2.45) is 0 Å². The van der Waals surface area contributed by atoms with Crippen molar-refractivity contribution in [3.63, 3.8) is 0 Å². The van der Waals surface area contributed by atoms with Gasteiger partial charge in [0, 0.05) is 17.9 Å². The van der Waals surface area contributed by atoms with Crippen molar-refractivity contribution in [2.45, 2.75) is 19.6 Å². The molecule has 7 heteroatoms. The molecule has 168 valence electrons. The number of hydrogen-bond donors (Lipinski definition) is 1. The zero-order valence-electron chi connectivity index (χ0n) is 17.7.